The molecule has 9 heteroatoms. The van der Waals surface area contributed by atoms with Gasteiger partial charge >= 0.3 is 0 Å². The van der Waals surface area contributed by atoms with E-state index < -0.39 is 29.4 Å². The molecule has 1 saturated heterocycles. The molecule has 148 valence electrons. The van der Waals surface area contributed by atoms with Gasteiger partial charge in [0.1, 0.15) is 17.5 Å². The molecule has 1 aliphatic heterocycles. The summed E-state index contributed by atoms with van der Waals surface area (Å²) in [6.45, 7) is 0. The lowest BCUT2D eigenvalue weighted by Crippen LogP contribution is -2.39. The number of anilines is 1. The molecule has 1 aliphatic rings. The largest absolute Gasteiger partial charge is 0.493 e. The number of halogens is 3. The van der Waals surface area contributed by atoms with Crippen LogP contribution in [-0.4, -0.2) is 36.9 Å². The van der Waals surface area contributed by atoms with Crippen LogP contribution in [0.25, 0.3) is 0 Å². The van der Waals surface area contributed by atoms with Crippen LogP contribution in [0.5, 0.6) is 17.2 Å². The number of nitrogens with one attached hydrogen (secondary N) is 1. The standard InChI is InChI=1S/C19H17F3N2O4/c1-24-15(5-6-17(24)25)19(26)23-14-8-11(9-16(27-2)18(14)22)28-10-3-4-12(20)13(21)7-10/h3-4,7-9,15H,5-6H2,1-2H3,(H,23,26). The van der Waals surface area contributed by atoms with Gasteiger partial charge in [-0.15, -0.1) is 0 Å². The number of methoxy groups -OCH3 is 1. The fraction of sp³-hybridized carbons (Fsp3) is 0.263. The van der Waals surface area contributed by atoms with Crippen LogP contribution in [0, 0.1) is 17.5 Å². The second-order valence-electron chi connectivity index (χ2n) is 6.21. The van der Waals surface area contributed by atoms with Crippen molar-refractivity contribution in [1.29, 1.82) is 0 Å². The zero-order valence-electron chi connectivity index (χ0n) is 15.1. The van der Waals surface area contributed by atoms with Crippen LogP contribution in [-0.2, 0) is 9.59 Å². The predicted octanol–water partition coefficient (Wildman–Crippen LogP) is 3.46. The Kier molecular flexibility index (Phi) is 5.43. The predicted molar refractivity (Wildman–Crippen MR) is 93.8 cm³/mol. The number of ether oxygens (including phenoxy) is 2. The molecule has 0 aliphatic carbocycles. The fourth-order valence-electron chi connectivity index (χ4n) is 2.87. The van der Waals surface area contributed by atoms with E-state index in [1.807, 2.05) is 0 Å². The Labute approximate surface area is 158 Å². The second-order valence-corrected chi connectivity index (χ2v) is 6.21. The van der Waals surface area contributed by atoms with E-state index in [1.54, 1.807) is 0 Å². The summed E-state index contributed by atoms with van der Waals surface area (Å²) in [5.41, 5.74) is -0.227. The third-order valence-corrected chi connectivity index (χ3v) is 4.41. The molecule has 0 aromatic heterocycles. The van der Waals surface area contributed by atoms with Crippen molar-refractivity contribution in [3.05, 3.63) is 47.8 Å². The number of benzene rings is 2. The lowest BCUT2D eigenvalue weighted by molar-refractivity contribution is -0.131. The molecule has 0 radical (unpaired) electrons. The number of hydrogen-bond donors (Lipinski definition) is 1. The minimum Gasteiger partial charge on any atom is -0.493 e. The van der Waals surface area contributed by atoms with Crippen molar-refractivity contribution in [3.63, 3.8) is 0 Å². The third kappa shape index (κ3) is 3.88. The zero-order valence-corrected chi connectivity index (χ0v) is 15.1. The van der Waals surface area contributed by atoms with E-state index >= 15 is 0 Å². The maximum atomic E-state index is 14.5. The van der Waals surface area contributed by atoms with E-state index in [9.17, 15) is 22.8 Å². The Hall–Kier alpha value is -3.23. The van der Waals surface area contributed by atoms with Crippen molar-refractivity contribution in [3.8, 4) is 17.2 Å². The van der Waals surface area contributed by atoms with E-state index in [4.69, 9.17) is 9.47 Å². The highest BCUT2D eigenvalue weighted by Gasteiger charge is 2.33. The van der Waals surface area contributed by atoms with Gasteiger partial charge in [0.25, 0.3) is 0 Å². The minimum absolute atomic E-state index is 0.0223. The summed E-state index contributed by atoms with van der Waals surface area (Å²) in [4.78, 5) is 25.3. The van der Waals surface area contributed by atoms with Gasteiger partial charge in [-0.1, -0.05) is 0 Å². The highest BCUT2D eigenvalue weighted by atomic mass is 19.2. The monoisotopic (exact) mass is 394 g/mol. The Balaban J connectivity index is 1.86. The van der Waals surface area contributed by atoms with E-state index in [1.165, 1.54) is 37.3 Å². The summed E-state index contributed by atoms with van der Waals surface area (Å²) in [7, 11) is 2.73. The molecule has 2 aromatic rings. The summed E-state index contributed by atoms with van der Waals surface area (Å²) >= 11 is 0. The van der Waals surface area contributed by atoms with Gasteiger partial charge in [-0.25, -0.2) is 13.2 Å². The highest BCUT2D eigenvalue weighted by molar-refractivity contribution is 5.99. The SMILES string of the molecule is COc1cc(Oc2ccc(F)c(F)c2)cc(NC(=O)C2CCC(=O)N2C)c1F. The van der Waals surface area contributed by atoms with Crippen molar-refractivity contribution < 1.29 is 32.2 Å². The van der Waals surface area contributed by atoms with Gasteiger partial charge in [-0.2, -0.15) is 0 Å². The van der Waals surface area contributed by atoms with Crippen LogP contribution in [0.2, 0.25) is 0 Å². The highest BCUT2D eigenvalue weighted by Crippen LogP contribution is 2.34. The first kappa shape index (κ1) is 19.5. The first-order chi connectivity index (χ1) is 13.3. The van der Waals surface area contributed by atoms with Crippen molar-refractivity contribution in [1.82, 2.24) is 4.90 Å². The molecule has 28 heavy (non-hydrogen) atoms. The third-order valence-electron chi connectivity index (χ3n) is 4.41. The molecule has 3 rings (SSSR count). The van der Waals surface area contributed by atoms with E-state index in [0.29, 0.717) is 6.42 Å². The summed E-state index contributed by atoms with van der Waals surface area (Å²) in [6, 6.07) is 4.61. The first-order valence-electron chi connectivity index (χ1n) is 8.37. The van der Waals surface area contributed by atoms with Gasteiger partial charge in [0.15, 0.2) is 23.2 Å². The number of nitrogens with zero attached hydrogens (tertiary/aromatic N) is 1. The number of hydrogen-bond acceptors (Lipinski definition) is 4. The molecule has 2 aromatic carbocycles. The topological polar surface area (TPSA) is 67.9 Å². The Morgan fingerprint density at radius 1 is 1.14 bits per heavy atom. The first-order valence-corrected chi connectivity index (χ1v) is 8.37. The molecule has 1 heterocycles. The molecule has 1 unspecified atom stereocenters. The van der Waals surface area contributed by atoms with Gasteiger partial charge < -0.3 is 19.7 Å². The van der Waals surface area contributed by atoms with Gasteiger partial charge in [-0.05, 0) is 18.6 Å². The smallest absolute Gasteiger partial charge is 0.247 e. The normalized spacial score (nSPS) is 16.2. The molecule has 6 nitrogen and oxygen atoms in total. The molecule has 2 amide bonds. The van der Waals surface area contributed by atoms with Crippen LogP contribution < -0.4 is 14.8 Å². The summed E-state index contributed by atoms with van der Waals surface area (Å²) in [6.07, 6.45) is 0.560. The quantitative estimate of drug-likeness (QED) is 0.843. The number of likely N-dealkylation sites (N-methyl/N-ethyl adjacent to an activating group) is 1. The van der Waals surface area contributed by atoms with Crippen LogP contribution >= 0.6 is 0 Å². The average Bonchev–Trinajstić information content (AvgIpc) is 2.99. The molecular weight excluding hydrogens is 377 g/mol. The molecule has 0 spiro atoms. The van der Waals surface area contributed by atoms with E-state index in [0.717, 1.165) is 12.1 Å². The van der Waals surface area contributed by atoms with Gasteiger partial charge in [0.2, 0.25) is 11.8 Å². The number of carbonyl (C=O) groups is 2. The minimum atomic E-state index is -1.10. The molecule has 1 N–H and O–H groups in total. The Bertz CT molecular complexity index is 936. The van der Waals surface area contributed by atoms with Crippen LogP contribution in [0.15, 0.2) is 30.3 Å². The van der Waals surface area contributed by atoms with Crippen LogP contribution in [0.4, 0.5) is 18.9 Å². The summed E-state index contributed by atoms with van der Waals surface area (Å²) < 4.78 is 51.3. The molecular formula is C19H17F3N2O4. The van der Waals surface area contributed by atoms with Crippen molar-refractivity contribution >= 4 is 17.5 Å². The number of carbonyl (C=O) groups excluding carboxylic acids is 2. The molecule has 1 fully saturated rings. The van der Waals surface area contributed by atoms with Crippen LogP contribution in [0.3, 0.4) is 0 Å². The summed E-state index contributed by atoms with van der Waals surface area (Å²) in [5, 5.41) is 2.42. The molecule has 0 saturated carbocycles. The Morgan fingerprint density at radius 2 is 1.89 bits per heavy atom. The maximum Gasteiger partial charge on any atom is 0.247 e. The Morgan fingerprint density at radius 3 is 2.50 bits per heavy atom. The van der Waals surface area contributed by atoms with Gasteiger partial charge in [-0.3, -0.25) is 9.59 Å². The fourth-order valence-corrected chi connectivity index (χ4v) is 2.87. The lowest BCUT2D eigenvalue weighted by Gasteiger charge is -2.20. The van der Waals surface area contributed by atoms with Crippen molar-refractivity contribution in [2.24, 2.45) is 0 Å². The average molecular weight is 394 g/mol. The van der Waals surface area contributed by atoms with Gasteiger partial charge in [0.05, 0.1) is 12.8 Å². The van der Waals surface area contributed by atoms with Crippen molar-refractivity contribution in [2.75, 3.05) is 19.5 Å². The molecule has 0 bridgehead atoms. The van der Waals surface area contributed by atoms with Gasteiger partial charge in [0, 0.05) is 31.7 Å². The zero-order chi connectivity index (χ0) is 20.4. The number of likely N-dealkylation sites (tertiary alicyclic amines) is 1. The second kappa shape index (κ2) is 7.79. The van der Waals surface area contributed by atoms with Crippen molar-refractivity contribution in [2.45, 2.75) is 18.9 Å². The van der Waals surface area contributed by atoms with E-state index in [2.05, 4.69) is 5.32 Å². The number of rotatable bonds is 5. The summed E-state index contributed by atoms with van der Waals surface area (Å²) in [5.74, 6) is -3.90. The van der Waals surface area contributed by atoms with Crippen LogP contribution in [0.1, 0.15) is 12.8 Å². The lowest BCUT2D eigenvalue weighted by atomic mass is 10.2. The molecule has 1 atom stereocenters. The van der Waals surface area contributed by atoms with E-state index in [-0.39, 0.29) is 35.3 Å². The number of amides is 2. The maximum absolute atomic E-state index is 14.5.